The summed E-state index contributed by atoms with van der Waals surface area (Å²) in [6.45, 7) is 6.08. The molecule has 13 nitrogen and oxygen atoms in total. The number of nitro benzene ring substituents is 1. The minimum Gasteiger partial charge on any atom is -0.497 e. The molecule has 0 spiro atoms. The molecule has 14 heteroatoms. The van der Waals surface area contributed by atoms with Crippen molar-refractivity contribution in [2.75, 3.05) is 20.3 Å². The van der Waals surface area contributed by atoms with Gasteiger partial charge in [0.2, 0.25) is 15.9 Å². The van der Waals surface area contributed by atoms with E-state index in [0.29, 0.717) is 36.6 Å². The van der Waals surface area contributed by atoms with Crippen LogP contribution in [-0.2, 0) is 14.8 Å². The minimum absolute atomic E-state index is 0.0614. The number of benzene rings is 2. The first-order valence-electron chi connectivity index (χ1n) is 13.2. The molecule has 1 aliphatic rings. The molecule has 1 aromatic heterocycles. The van der Waals surface area contributed by atoms with E-state index in [1.807, 2.05) is 0 Å². The van der Waals surface area contributed by atoms with Gasteiger partial charge < -0.3 is 19.5 Å². The van der Waals surface area contributed by atoms with Crippen LogP contribution in [0.3, 0.4) is 0 Å². The standard InChI is InChI=1S/C27H33N5O8S/c1-5-17(2)30-41(36,37)24-15-20(32(34)35)10-13-23(24)40-27-18(3)25(26(33)28-16-22-7-6-14-39-22)29-31(27)19-8-11-21(38-4)12-9-19/h8-13,15,17,22,30H,5-7,14,16H2,1-4H3,(H,28,33). The van der Waals surface area contributed by atoms with Crippen LogP contribution in [-0.4, -0.2) is 61.4 Å². The molecule has 2 heterocycles. The number of nitro groups is 1. The highest BCUT2D eigenvalue weighted by molar-refractivity contribution is 7.89. The third kappa shape index (κ3) is 6.84. The molecule has 1 saturated heterocycles. The van der Waals surface area contributed by atoms with Crippen LogP contribution in [0.15, 0.2) is 47.4 Å². The van der Waals surface area contributed by atoms with E-state index in [2.05, 4.69) is 15.1 Å². The Balaban J connectivity index is 1.79. The molecular formula is C27H33N5O8S. The van der Waals surface area contributed by atoms with Gasteiger partial charge in [0.15, 0.2) is 5.69 Å². The third-order valence-corrected chi connectivity index (χ3v) is 8.33. The lowest BCUT2D eigenvalue weighted by Crippen LogP contribution is -2.32. The van der Waals surface area contributed by atoms with E-state index in [1.165, 1.54) is 17.9 Å². The first-order valence-corrected chi connectivity index (χ1v) is 14.6. The number of carbonyl (C=O) groups is 1. The van der Waals surface area contributed by atoms with Crippen molar-refractivity contribution in [1.29, 1.82) is 0 Å². The number of hydrogen-bond acceptors (Lipinski definition) is 9. The normalized spacial score (nSPS) is 15.9. The van der Waals surface area contributed by atoms with Gasteiger partial charge in [0.25, 0.3) is 11.6 Å². The van der Waals surface area contributed by atoms with Crippen LogP contribution < -0.4 is 19.5 Å². The molecule has 4 rings (SSSR count). The molecule has 0 radical (unpaired) electrons. The zero-order valence-electron chi connectivity index (χ0n) is 23.2. The summed E-state index contributed by atoms with van der Waals surface area (Å²) in [6, 6.07) is 9.67. The number of aromatic nitrogens is 2. The van der Waals surface area contributed by atoms with Gasteiger partial charge in [0.05, 0.1) is 23.8 Å². The highest BCUT2D eigenvalue weighted by Gasteiger charge is 2.29. The van der Waals surface area contributed by atoms with E-state index in [0.717, 1.165) is 25.0 Å². The van der Waals surface area contributed by atoms with Gasteiger partial charge in [-0.05, 0) is 63.4 Å². The van der Waals surface area contributed by atoms with Crippen LogP contribution in [0.1, 0.15) is 49.2 Å². The Morgan fingerprint density at radius 2 is 2.00 bits per heavy atom. The van der Waals surface area contributed by atoms with Crippen molar-refractivity contribution in [3.63, 3.8) is 0 Å². The fourth-order valence-electron chi connectivity index (χ4n) is 4.23. The Kier molecular flexibility index (Phi) is 9.25. The Morgan fingerprint density at radius 1 is 1.27 bits per heavy atom. The number of nitrogens with one attached hydrogen (secondary N) is 2. The van der Waals surface area contributed by atoms with Crippen molar-refractivity contribution < 1.29 is 32.3 Å². The number of non-ortho nitro benzene ring substituents is 1. The molecule has 1 aliphatic heterocycles. The summed E-state index contributed by atoms with van der Waals surface area (Å²) in [6.07, 6.45) is 2.19. The summed E-state index contributed by atoms with van der Waals surface area (Å²) in [5, 5.41) is 18.8. The molecule has 2 N–H and O–H groups in total. The number of nitrogens with zero attached hydrogens (tertiary/aromatic N) is 3. The van der Waals surface area contributed by atoms with Gasteiger partial charge in [0.1, 0.15) is 16.4 Å². The van der Waals surface area contributed by atoms with Gasteiger partial charge in [-0.1, -0.05) is 6.92 Å². The molecule has 0 aliphatic carbocycles. The van der Waals surface area contributed by atoms with Gasteiger partial charge in [-0.25, -0.2) is 13.1 Å². The van der Waals surface area contributed by atoms with Crippen LogP contribution in [0, 0.1) is 17.0 Å². The average Bonchev–Trinajstić information content (AvgIpc) is 3.59. The van der Waals surface area contributed by atoms with Crippen LogP contribution >= 0.6 is 0 Å². The van der Waals surface area contributed by atoms with Crippen molar-refractivity contribution >= 4 is 21.6 Å². The summed E-state index contributed by atoms with van der Waals surface area (Å²) in [7, 11) is -2.69. The highest BCUT2D eigenvalue weighted by Crippen LogP contribution is 2.36. The van der Waals surface area contributed by atoms with Crippen molar-refractivity contribution in [3.8, 4) is 23.1 Å². The molecule has 2 atom stereocenters. The molecule has 0 saturated carbocycles. The Hall–Kier alpha value is -4.01. The maximum Gasteiger partial charge on any atom is 0.272 e. The predicted octanol–water partition coefficient (Wildman–Crippen LogP) is 3.88. The molecule has 1 fully saturated rings. The molecule has 41 heavy (non-hydrogen) atoms. The van der Waals surface area contributed by atoms with Crippen molar-refractivity contribution in [1.82, 2.24) is 19.8 Å². The van der Waals surface area contributed by atoms with Crippen LogP contribution in [0.2, 0.25) is 0 Å². The molecule has 3 aromatic rings. The number of carbonyl (C=O) groups excluding carboxylic acids is 1. The Bertz CT molecular complexity index is 1520. The molecule has 0 bridgehead atoms. The smallest absolute Gasteiger partial charge is 0.272 e. The highest BCUT2D eigenvalue weighted by atomic mass is 32.2. The Morgan fingerprint density at radius 3 is 2.61 bits per heavy atom. The lowest BCUT2D eigenvalue weighted by atomic mass is 10.2. The maximum absolute atomic E-state index is 13.3. The monoisotopic (exact) mass is 587 g/mol. The summed E-state index contributed by atoms with van der Waals surface area (Å²) in [5.74, 6) is 0.0290. The largest absolute Gasteiger partial charge is 0.497 e. The number of ether oxygens (including phenoxy) is 3. The zero-order valence-corrected chi connectivity index (χ0v) is 24.1. The van der Waals surface area contributed by atoms with Crippen molar-refractivity contribution in [3.05, 3.63) is 63.8 Å². The van der Waals surface area contributed by atoms with E-state index in [-0.39, 0.29) is 23.4 Å². The quantitative estimate of drug-likeness (QED) is 0.236. The first-order chi connectivity index (χ1) is 19.5. The van der Waals surface area contributed by atoms with Crippen molar-refractivity contribution in [2.45, 2.75) is 57.1 Å². The lowest BCUT2D eigenvalue weighted by molar-refractivity contribution is -0.385. The van der Waals surface area contributed by atoms with Crippen LogP contribution in [0.5, 0.6) is 17.4 Å². The molecular weight excluding hydrogens is 554 g/mol. The summed E-state index contributed by atoms with van der Waals surface area (Å²) < 4.78 is 47.5. The van der Waals surface area contributed by atoms with Gasteiger partial charge >= 0.3 is 0 Å². The number of hydrogen-bond donors (Lipinski definition) is 2. The van der Waals surface area contributed by atoms with E-state index < -0.39 is 37.5 Å². The second-order valence-electron chi connectivity index (χ2n) is 9.65. The zero-order chi connectivity index (χ0) is 29.7. The second-order valence-corrected chi connectivity index (χ2v) is 11.3. The molecule has 2 unspecified atom stereocenters. The van der Waals surface area contributed by atoms with Crippen LogP contribution in [0.4, 0.5) is 5.69 Å². The van der Waals surface area contributed by atoms with Gasteiger partial charge in [-0.15, -0.1) is 0 Å². The minimum atomic E-state index is -4.22. The molecule has 220 valence electrons. The van der Waals surface area contributed by atoms with Gasteiger partial charge in [0, 0.05) is 36.9 Å². The Labute approximate surface area is 238 Å². The fraction of sp³-hybridized carbons (Fsp3) is 0.407. The van der Waals surface area contributed by atoms with Crippen LogP contribution in [0.25, 0.3) is 5.69 Å². The second kappa shape index (κ2) is 12.7. The topological polar surface area (TPSA) is 164 Å². The van der Waals surface area contributed by atoms with E-state index in [1.54, 1.807) is 45.0 Å². The van der Waals surface area contributed by atoms with E-state index >= 15 is 0 Å². The molecule has 2 aromatic carbocycles. The summed E-state index contributed by atoms with van der Waals surface area (Å²) in [5.41, 5.74) is 0.489. The SMILES string of the molecule is CCC(C)NS(=O)(=O)c1cc([N+](=O)[O-])ccc1Oc1c(C)c(C(=O)NCC2CCCO2)nn1-c1ccc(OC)cc1. The summed E-state index contributed by atoms with van der Waals surface area (Å²) in [4.78, 5) is 23.6. The number of sulfonamides is 1. The predicted molar refractivity (Wildman–Crippen MR) is 149 cm³/mol. The number of methoxy groups -OCH3 is 1. The van der Waals surface area contributed by atoms with E-state index in [4.69, 9.17) is 14.2 Å². The fourth-order valence-corrected chi connectivity index (χ4v) is 5.70. The number of rotatable bonds is 12. The third-order valence-electron chi connectivity index (χ3n) is 6.72. The lowest BCUT2D eigenvalue weighted by Gasteiger charge is -2.16. The van der Waals surface area contributed by atoms with E-state index in [9.17, 15) is 23.3 Å². The average molecular weight is 588 g/mol. The van der Waals surface area contributed by atoms with Gasteiger partial charge in [-0.2, -0.15) is 9.78 Å². The first kappa shape index (κ1) is 30.0. The number of amides is 1. The van der Waals surface area contributed by atoms with Gasteiger partial charge in [-0.3, -0.25) is 14.9 Å². The van der Waals surface area contributed by atoms with Crippen molar-refractivity contribution in [2.24, 2.45) is 0 Å². The molecule has 1 amide bonds. The summed E-state index contributed by atoms with van der Waals surface area (Å²) >= 11 is 0. The maximum atomic E-state index is 13.3.